The van der Waals surface area contributed by atoms with Crippen molar-refractivity contribution in [1.29, 1.82) is 0 Å². The number of hydrogen-bond acceptors (Lipinski definition) is 4. The van der Waals surface area contributed by atoms with Crippen molar-refractivity contribution >= 4 is 45.2 Å². The molecule has 0 saturated heterocycles. The predicted molar refractivity (Wildman–Crippen MR) is 235 cm³/mol. The second-order valence-electron chi connectivity index (χ2n) is 12.6. The van der Waals surface area contributed by atoms with E-state index in [-0.39, 0.29) is 6.04 Å². The highest BCUT2D eigenvalue weighted by Crippen LogP contribution is 2.44. The molecule has 4 aromatic carbocycles. The van der Waals surface area contributed by atoms with Crippen LogP contribution in [-0.4, -0.2) is 12.6 Å². The third-order valence-electron chi connectivity index (χ3n) is 8.94. The minimum Gasteiger partial charge on any atom is -0.398 e. The second kappa shape index (κ2) is 18.6. The first-order valence-electron chi connectivity index (χ1n) is 18.1. The fourth-order valence-electron chi connectivity index (χ4n) is 6.26. The fraction of sp³-hybridized carbons (Fsp3) is 0.122. The average Bonchev–Trinajstić information content (AvgIpc) is 3.61. The van der Waals surface area contributed by atoms with Crippen LogP contribution in [-0.2, 0) is 0 Å². The Hall–Kier alpha value is -5.77. The number of nitrogens with zero attached hydrogens (tertiary/aromatic N) is 1. The van der Waals surface area contributed by atoms with Crippen molar-refractivity contribution in [2.45, 2.75) is 33.2 Å². The molecular formula is C49H49N3S. The number of hydrogen-bond donors (Lipinski definition) is 2. The van der Waals surface area contributed by atoms with E-state index in [4.69, 9.17) is 11.5 Å². The van der Waals surface area contributed by atoms with Gasteiger partial charge in [-0.25, -0.2) is 0 Å². The van der Waals surface area contributed by atoms with Gasteiger partial charge >= 0.3 is 0 Å². The van der Waals surface area contributed by atoms with Crippen LogP contribution in [0.3, 0.4) is 0 Å². The van der Waals surface area contributed by atoms with Crippen LogP contribution in [0.5, 0.6) is 0 Å². The third-order valence-corrected chi connectivity index (χ3v) is 9.83. The number of aryl methyl sites for hydroxylation is 1. The maximum Gasteiger partial charge on any atom is 0.0515 e. The van der Waals surface area contributed by atoms with Gasteiger partial charge in [-0.2, -0.15) is 0 Å². The Morgan fingerprint density at radius 3 is 2.34 bits per heavy atom. The molecule has 266 valence electrons. The topological polar surface area (TPSA) is 55.3 Å². The van der Waals surface area contributed by atoms with Gasteiger partial charge in [0.2, 0.25) is 0 Å². The minimum absolute atomic E-state index is 0.347. The van der Waals surface area contributed by atoms with Crippen molar-refractivity contribution < 1.29 is 0 Å². The molecule has 7 rings (SSSR count). The SMILES string of the molecule is C=C1/C=C\C=C/C/C=C\C=C(\C(N)/C=C(\N)c2ccccc2)C(=C)S1.C=C1C2=C(C=C=C2)CN(c2ccc(C)cc2)c2ccc3ccccc3c21.CC. The summed E-state index contributed by atoms with van der Waals surface area (Å²) in [5, 5.41) is 2.50. The smallest absolute Gasteiger partial charge is 0.0515 e. The second-order valence-corrected chi connectivity index (χ2v) is 13.8. The lowest BCUT2D eigenvalue weighted by molar-refractivity contribution is 0.975. The number of rotatable bonds is 4. The van der Waals surface area contributed by atoms with Gasteiger partial charge in [0.1, 0.15) is 0 Å². The van der Waals surface area contributed by atoms with E-state index in [0.717, 1.165) is 39.5 Å². The van der Waals surface area contributed by atoms with Gasteiger partial charge in [-0.1, -0.05) is 160 Å². The lowest BCUT2D eigenvalue weighted by Gasteiger charge is -2.27. The zero-order valence-corrected chi connectivity index (χ0v) is 31.9. The number of thioether (sulfide) groups is 1. The van der Waals surface area contributed by atoms with Crippen molar-refractivity contribution in [2.24, 2.45) is 11.5 Å². The standard InChI is InChI=1S/C25H19N.C22H24N2S.C2H6/c1-17-10-13-21(14-11-17)26-16-20-7-5-9-22(20)18(2)25-23-8-4-3-6-19(23)12-15-24(25)26;1-17-12-8-5-3-4-6-11-15-20(18(2)25-17)22(24)16-21(23)19-13-9-7-10-14-19;1-2/h3-4,6-15H,2,16H2,1H3;3,5-16,22H,1-2,4,23-24H2;1-2H3/b;5-3-,11-6-,12-8-,20-15+,21-16-;. The number of anilines is 2. The number of allylic oxidation sites excluding steroid dienone is 9. The van der Waals surface area contributed by atoms with E-state index < -0.39 is 0 Å². The van der Waals surface area contributed by atoms with E-state index in [1.165, 1.54) is 56.2 Å². The lowest BCUT2D eigenvalue weighted by Crippen LogP contribution is -2.22. The first-order valence-corrected chi connectivity index (χ1v) is 18.9. The molecule has 0 spiro atoms. The average molecular weight is 712 g/mol. The Labute approximate surface area is 320 Å². The molecule has 0 radical (unpaired) electrons. The van der Waals surface area contributed by atoms with Gasteiger partial charge < -0.3 is 16.4 Å². The molecule has 4 heteroatoms. The molecule has 4 aromatic rings. The Kier molecular flexibility index (Phi) is 13.5. The van der Waals surface area contributed by atoms with Gasteiger partial charge in [0, 0.05) is 39.0 Å². The summed E-state index contributed by atoms with van der Waals surface area (Å²) in [7, 11) is 0. The van der Waals surface area contributed by atoms with E-state index >= 15 is 0 Å². The number of fused-ring (bicyclic) bond motifs is 3. The van der Waals surface area contributed by atoms with Crippen molar-refractivity contribution in [3.8, 4) is 0 Å². The Morgan fingerprint density at radius 2 is 1.57 bits per heavy atom. The summed E-state index contributed by atoms with van der Waals surface area (Å²) in [5.74, 6) is 0. The molecule has 3 aliphatic rings. The fourth-order valence-corrected chi connectivity index (χ4v) is 7.04. The van der Waals surface area contributed by atoms with E-state index in [2.05, 4.69) is 122 Å². The van der Waals surface area contributed by atoms with E-state index in [1.807, 2.05) is 80.6 Å². The Morgan fingerprint density at radius 1 is 0.849 bits per heavy atom. The van der Waals surface area contributed by atoms with Crippen LogP contribution >= 0.6 is 11.8 Å². The highest BCUT2D eigenvalue weighted by atomic mass is 32.2. The summed E-state index contributed by atoms with van der Waals surface area (Å²) in [6.07, 6.45) is 21.0. The molecule has 0 aromatic heterocycles. The third kappa shape index (κ3) is 9.57. The summed E-state index contributed by atoms with van der Waals surface area (Å²) in [5.41, 5.74) is 26.9. The van der Waals surface area contributed by atoms with E-state index in [9.17, 15) is 0 Å². The molecule has 1 atom stereocenters. The molecule has 0 amide bonds. The maximum atomic E-state index is 6.41. The molecule has 2 aliphatic heterocycles. The monoisotopic (exact) mass is 711 g/mol. The van der Waals surface area contributed by atoms with Gasteiger partial charge in [0.25, 0.3) is 0 Å². The molecule has 2 heterocycles. The molecule has 3 nitrogen and oxygen atoms in total. The van der Waals surface area contributed by atoms with Crippen molar-refractivity contribution in [2.75, 3.05) is 11.4 Å². The summed E-state index contributed by atoms with van der Waals surface area (Å²) < 4.78 is 0. The largest absolute Gasteiger partial charge is 0.398 e. The van der Waals surface area contributed by atoms with Gasteiger partial charge in [-0.05, 0) is 94.5 Å². The quantitative estimate of drug-likeness (QED) is 0.207. The maximum absolute atomic E-state index is 6.41. The summed E-state index contributed by atoms with van der Waals surface area (Å²) in [6.45, 7) is 19.6. The lowest BCUT2D eigenvalue weighted by atomic mass is 9.92. The van der Waals surface area contributed by atoms with Crippen molar-refractivity contribution in [3.05, 3.63) is 220 Å². The van der Waals surface area contributed by atoms with Crippen LogP contribution in [0.15, 0.2) is 204 Å². The van der Waals surface area contributed by atoms with Crippen molar-refractivity contribution in [1.82, 2.24) is 0 Å². The number of nitrogens with two attached hydrogens (primary N) is 2. The van der Waals surface area contributed by atoms with Gasteiger partial charge in [-0.15, -0.1) is 5.73 Å². The van der Waals surface area contributed by atoms with Crippen LogP contribution in [0.1, 0.15) is 37.0 Å². The number of benzene rings is 4. The zero-order valence-electron chi connectivity index (χ0n) is 31.1. The highest BCUT2D eigenvalue weighted by Gasteiger charge is 2.26. The van der Waals surface area contributed by atoms with E-state index in [0.29, 0.717) is 5.70 Å². The van der Waals surface area contributed by atoms with Crippen LogP contribution in [0.4, 0.5) is 11.4 Å². The Bertz CT molecular complexity index is 2230. The summed E-state index contributed by atoms with van der Waals surface area (Å²) in [4.78, 5) is 4.18. The van der Waals surface area contributed by atoms with E-state index in [1.54, 1.807) is 0 Å². The molecule has 0 bridgehead atoms. The van der Waals surface area contributed by atoms with Gasteiger partial charge in [-0.3, -0.25) is 0 Å². The molecule has 0 fully saturated rings. The summed E-state index contributed by atoms with van der Waals surface area (Å²) >= 11 is 1.51. The highest BCUT2D eigenvalue weighted by molar-refractivity contribution is 8.07. The molecule has 1 unspecified atom stereocenters. The molecule has 0 saturated carbocycles. The van der Waals surface area contributed by atoms with Gasteiger partial charge in [0.05, 0.1) is 6.04 Å². The first-order chi connectivity index (χ1) is 25.8. The van der Waals surface area contributed by atoms with Crippen LogP contribution < -0.4 is 16.4 Å². The molecule has 53 heavy (non-hydrogen) atoms. The summed E-state index contributed by atoms with van der Waals surface area (Å²) in [6, 6.07) is 31.2. The zero-order chi connectivity index (χ0) is 37.7. The Balaban J connectivity index is 0.000000196. The first kappa shape index (κ1) is 38.5. The molecule has 4 N–H and O–H groups in total. The normalized spacial score (nSPS) is 18.8. The minimum atomic E-state index is -0.347. The van der Waals surface area contributed by atoms with Crippen LogP contribution in [0.25, 0.3) is 22.0 Å². The van der Waals surface area contributed by atoms with Crippen LogP contribution in [0.2, 0.25) is 0 Å². The van der Waals surface area contributed by atoms with Gasteiger partial charge in [0.15, 0.2) is 0 Å². The van der Waals surface area contributed by atoms with Crippen LogP contribution in [0, 0.1) is 6.92 Å². The molecule has 1 aliphatic carbocycles. The van der Waals surface area contributed by atoms with Crippen molar-refractivity contribution in [3.63, 3.8) is 0 Å². The predicted octanol–water partition coefficient (Wildman–Crippen LogP) is 12.4. The molecular weight excluding hydrogens is 663 g/mol.